The lowest BCUT2D eigenvalue weighted by Crippen LogP contribution is -2.03. The highest BCUT2D eigenvalue weighted by atomic mass is 79.9. The average molecular weight is 310 g/mol. The van der Waals surface area contributed by atoms with Crippen molar-refractivity contribution < 1.29 is 4.79 Å². The second-order valence-electron chi connectivity index (χ2n) is 3.88. The van der Waals surface area contributed by atoms with E-state index in [1.54, 1.807) is 0 Å². The Hall–Kier alpha value is -1.000. The van der Waals surface area contributed by atoms with Crippen molar-refractivity contribution in [2.45, 2.75) is 20.3 Å². The molecule has 4 heteroatoms. The molecule has 0 aliphatic rings. The number of hydrogen-bond donors (Lipinski definition) is 0. The van der Waals surface area contributed by atoms with Crippen LogP contribution in [0.25, 0.3) is 0 Å². The summed E-state index contributed by atoms with van der Waals surface area (Å²) in [5, 5.41) is 0.945. The predicted octanol–water partition coefficient (Wildman–Crippen LogP) is 3.95. The van der Waals surface area contributed by atoms with Gasteiger partial charge in [0.25, 0.3) is 0 Å². The molecular formula is C13H12BrNOS. The zero-order chi connectivity index (χ0) is 12.4. The minimum atomic E-state index is 0.145. The molecule has 2 nitrogen and oxygen atoms in total. The number of carbonyl (C=O) groups excluding carboxylic acids is 1. The first-order valence-electron chi connectivity index (χ1n) is 5.28. The zero-order valence-electron chi connectivity index (χ0n) is 9.66. The fourth-order valence-electron chi connectivity index (χ4n) is 1.70. The van der Waals surface area contributed by atoms with Gasteiger partial charge in [-0.05, 0) is 31.5 Å². The molecule has 0 fully saturated rings. The molecule has 0 saturated heterocycles. The molecule has 0 saturated carbocycles. The van der Waals surface area contributed by atoms with E-state index in [9.17, 15) is 4.79 Å². The molecule has 0 atom stereocenters. The van der Waals surface area contributed by atoms with Gasteiger partial charge in [-0.15, -0.1) is 11.3 Å². The summed E-state index contributed by atoms with van der Waals surface area (Å²) in [5.41, 5.74) is 1.86. The van der Waals surface area contributed by atoms with Gasteiger partial charge in [-0.2, -0.15) is 0 Å². The van der Waals surface area contributed by atoms with E-state index in [0.29, 0.717) is 6.42 Å². The van der Waals surface area contributed by atoms with Crippen molar-refractivity contribution in [1.29, 1.82) is 0 Å². The van der Waals surface area contributed by atoms with E-state index in [1.165, 1.54) is 11.3 Å². The molecule has 0 spiro atoms. The van der Waals surface area contributed by atoms with Crippen LogP contribution in [0.4, 0.5) is 0 Å². The molecule has 0 aliphatic carbocycles. The Morgan fingerprint density at radius 1 is 1.41 bits per heavy atom. The standard InChI is InChI=1S/C13H12BrNOS/c1-8-13(17-9(2)15-8)12(16)7-10-4-3-5-11(14)6-10/h3-6H,7H2,1-2H3. The van der Waals surface area contributed by atoms with Crippen LogP contribution in [0.5, 0.6) is 0 Å². The van der Waals surface area contributed by atoms with E-state index >= 15 is 0 Å². The molecular weight excluding hydrogens is 298 g/mol. The highest BCUT2D eigenvalue weighted by Crippen LogP contribution is 2.20. The van der Waals surface area contributed by atoms with Crippen LogP contribution in [-0.4, -0.2) is 10.8 Å². The van der Waals surface area contributed by atoms with E-state index in [0.717, 1.165) is 25.6 Å². The van der Waals surface area contributed by atoms with Gasteiger partial charge in [-0.3, -0.25) is 4.79 Å². The van der Waals surface area contributed by atoms with Crippen LogP contribution in [0, 0.1) is 13.8 Å². The number of Topliss-reactive ketones (excluding diaryl/α,β-unsaturated/α-hetero) is 1. The number of nitrogens with zero attached hydrogens (tertiary/aromatic N) is 1. The Kier molecular flexibility index (Phi) is 3.74. The van der Waals surface area contributed by atoms with E-state index in [-0.39, 0.29) is 5.78 Å². The van der Waals surface area contributed by atoms with Gasteiger partial charge in [0.1, 0.15) is 0 Å². The summed E-state index contributed by atoms with van der Waals surface area (Å²) in [6.45, 7) is 3.81. The van der Waals surface area contributed by atoms with E-state index in [1.807, 2.05) is 38.1 Å². The van der Waals surface area contributed by atoms with Crippen LogP contribution >= 0.6 is 27.3 Å². The number of aromatic nitrogens is 1. The van der Waals surface area contributed by atoms with Crippen LogP contribution in [0.3, 0.4) is 0 Å². The Morgan fingerprint density at radius 3 is 2.76 bits per heavy atom. The third kappa shape index (κ3) is 3.01. The van der Waals surface area contributed by atoms with Crippen molar-refractivity contribution in [2.75, 3.05) is 0 Å². The maximum absolute atomic E-state index is 12.1. The second kappa shape index (κ2) is 5.10. The van der Waals surface area contributed by atoms with E-state index < -0.39 is 0 Å². The van der Waals surface area contributed by atoms with Gasteiger partial charge in [-0.25, -0.2) is 4.98 Å². The summed E-state index contributed by atoms with van der Waals surface area (Å²) in [4.78, 5) is 17.2. The minimum absolute atomic E-state index is 0.145. The molecule has 2 aromatic rings. The van der Waals surface area contributed by atoms with Crippen molar-refractivity contribution in [2.24, 2.45) is 0 Å². The van der Waals surface area contributed by atoms with E-state index in [4.69, 9.17) is 0 Å². The molecule has 2 rings (SSSR count). The summed E-state index contributed by atoms with van der Waals surface area (Å²) < 4.78 is 1.00. The summed E-state index contributed by atoms with van der Waals surface area (Å²) in [6, 6.07) is 7.83. The van der Waals surface area contributed by atoms with Gasteiger partial charge in [-0.1, -0.05) is 28.1 Å². The molecule has 1 heterocycles. The molecule has 1 aromatic carbocycles. The minimum Gasteiger partial charge on any atom is -0.293 e. The number of thiazole rings is 1. The summed E-state index contributed by atoms with van der Waals surface area (Å²) in [7, 11) is 0. The number of rotatable bonds is 3. The topological polar surface area (TPSA) is 30.0 Å². The molecule has 17 heavy (non-hydrogen) atoms. The molecule has 88 valence electrons. The maximum Gasteiger partial charge on any atom is 0.179 e. The smallest absolute Gasteiger partial charge is 0.179 e. The Bertz CT molecular complexity index is 562. The van der Waals surface area contributed by atoms with Gasteiger partial charge in [0, 0.05) is 10.9 Å². The number of ketones is 1. The Morgan fingerprint density at radius 2 is 2.18 bits per heavy atom. The molecule has 0 unspecified atom stereocenters. The lowest BCUT2D eigenvalue weighted by molar-refractivity contribution is 0.0996. The van der Waals surface area contributed by atoms with Gasteiger partial charge in [0.2, 0.25) is 0 Å². The fraction of sp³-hybridized carbons (Fsp3) is 0.231. The lowest BCUT2D eigenvalue weighted by atomic mass is 10.1. The SMILES string of the molecule is Cc1nc(C)c(C(=O)Cc2cccc(Br)c2)s1. The molecule has 0 N–H and O–H groups in total. The Balaban J connectivity index is 2.20. The number of hydrogen-bond acceptors (Lipinski definition) is 3. The number of aryl methyl sites for hydroxylation is 2. The first kappa shape index (κ1) is 12.5. The molecule has 0 radical (unpaired) electrons. The number of benzene rings is 1. The van der Waals surface area contributed by atoms with Crippen molar-refractivity contribution in [3.63, 3.8) is 0 Å². The second-order valence-corrected chi connectivity index (χ2v) is 6.00. The predicted molar refractivity (Wildman–Crippen MR) is 73.8 cm³/mol. The van der Waals surface area contributed by atoms with Crippen LogP contribution in [0.15, 0.2) is 28.7 Å². The van der Waals surface area contributed by atoms with Crippen molar-refractivity contribution in [3.8, 4) is 0 Å². The summed E-state index contributed by atoms with van der Waals surface area (Å²) in [5.74, 6) is 0.145. The third-order valence-corrected chi connectivity index (χ3v) is 4.02. The Labute approximate surface area is 113 Å². The van der Waals surface area contributed by atoms with Crippen LogP contribution < -0.4 is 0 Å². The normalized spacial score (nSPS) is 10.5. The number of carbonyl (C=O) groups is 1. The fourth-order valence-corrected chi connectivity index (χ4v) is 3.01. The first-order chi connectivity index (χ1) is 8.06. The number of halogens is 1. The van der Waals surface area contributed by atoms with Crippen molar-refractivity contribution >= 4 is 33.0 Å². The third-order valence-electron chi connectivity index (χ3n) is 2.41. The van der Waals surface area contributed by atoms with Crippen LogP contribution in [-0.2, 0) is 6.42 Å². The molecule has 0 bridgehead atoms. The lowest BCUT2D eigenvalue weighted by Gasteiger charge is -2.00. The average Bonchev–Trinajstić information content (AvgIpc) is 2.58. The van der Waals surface area contributed by atoms with Crippen molar-refractivity contribution in [3.05, 3.63) is 49.9 Å². The first-order valence-corrected chi connectivity index (χ1v) is 6.89. The molecule has 0 amide bonds. The summed E-state index contributed by atoms with van der Waals surface area (Å²) >= 11 is 4.88. The highest BCUT2D eigenvalue weighted by molar-refractivity contribution is 9.10. The highest BCUT2D eigenvalue weighted by Gasteiger charge is 2.14. The van der Waals surface area contributed by atoms with Gasteiger partial charge < -0.3 is 0 Å². The van der Waals surface area contributed by atoms with Crippen LogP contribution in [0.1, 0.15) is 25.9 Å². The van der Waals surface area contributed by atoms with E-state index in [2.05, 4.69) is 20.9 Å². The maximum atomic E-state index is 12.1. The molecule has 0 aliphatic heterocycles. The largest absolute Gasteiger partial charge is 0.293 e. The quantitative estimate of drug-likeness (QED) is 0.804. The van der Waals surface area contributed by atoms with Gasteiger partial charge >= 0.3 is 0 Å². The zero-order valence-corrected chi connectivity index (χ0v) is 12.1. The summed E-state index contributed by atoms with van der Waals surface area (Å²) in [6.07, 6.45) is 0.432. The van der Waals surface area contributed by atoms with Crippen molar-refractivity contribution in [1.82, 2.24) is 4.98 Å². The monoisotopic (exact) mass is 309 g/mol. The molecule has 1 aromatic heterocycles. The van der Waals surface area contributed by atoms with Crippen LogP contribution in [0.2, 0.25) is 0 Å². The van der Waals surface area contributed by atoms with Gasteiger partial charge in [0.15, 0.2) is 5.78 Å². The van der Waals surface area contributed by atoms with Gasteiger partial charge in [0.05, 0.1) is 15.6 Å².